The number of aromatic nitrogens is 4. The second-order valence-corrected chi connectivity index (χ2v) is 5.95. The molecule has 4 heterocycles. The maximum atomic E-state index is 12.7. The lowest BCUT2D eigenvalue weighted by atomic mass is 9.96. The van der Waals surface area contributed by atoms with Crippen molar-refractivity contribution in [2.75, 3.05) is 13.1 Å². The van der Waals surface area contributed by atoms with Crippen molar-refractivity contribution < 1.29 is 4.79 Å². The van der Waals surface area contributed by atoms with Crippen molar-refractivity contribution in [2.24, 2.45) is 0 Å². The normalized spacial score (nSPS) is 15.8. The minimum atomic E-state index is -0.321. The molecular weight excluding hydrogens is 306 g/mol. The Morgan fingerprint density at radius 3 is 2.79 bits per heavy atom. The van der Waals surface area contributed by atoms with Crippen molar-refractivity contribution in [3.05, 3.63) is 64.7 Å². The van der Waals surface area contributed by atoms with E-state index in [1.807, 2.05) is 12.3 Å². The van der Waals surface area contributed by atoms with Crippen molar-refractivity contribution in [1.29, 1.82) is 0 Å². The highest BCUT2D eigenvalue weighted by atomic mass is 16.2. The number of carbonyl (C=O) groups excluding carboxylic acids is 1. The van der Waals surface area contributed by atoms with Crippen LogP contribution in [0, 0.1) is 0 Å². The third kappa shape index (κ3) is 2.47. The number of nitrogens with one attached hydrogen (secondary N) is 1. The summed E-state index contributed by atoms with van der Waals surface area (Å²) >= 11 is 0. The van der Waals surface area contributed by atoms with Gasteiger partial charge in [-0.25, -0.2) is 9.97 Å². The number of H-pyrrole nitrogens is 1. The smallest absolute Gasteiger partial charge is 0.270 e. The van der Waals surface area contributed by atoms with Gasteiger partial charge in [-0.15, -0.1) is 0 Å². The number of imidazole rings is 1. The second kappa shape index (κ2) is 5.92. The fourth-order valence-electron chi connectivity index (χ4n) is 3.20. The Kier molecular flexibility index (Phi) is 3.60. The van der Waals surface area contributed by atoms with Crippen molar-refractivity contribution in [3.63, 3.8) is 0 Å². The Morgan fingerprint density at radius 1 is 1.21 bits per heavy atom. The van der Waals surface area contributed by atoms with E-state index in [1.165, 1.54) is 10.6 Å². The standard InChI is InChI=1S/C17H17N5O2/c23-16(13-11-20-14-3-1-2-8-22(14)17(13)24)21-9-4-12(5-10-21)15-18-6-7-19-15/h1-3,6-8,11-12H,4-5,9-10H2,(H,18,19). The zero-order valence-corrected chi connectivity index (χ0v) is 13.1. The fourth-order valence-corrected chi connectivity index (χ4v) is 3.20. The molecule has 0 saturated carbocycles. The Morgan fingerprint density at radius 2 is 2.04 bits per heavy atom. The summed E-state index contributed by atoms with van der Waals surface area (Å²) in [7, 11) is 0. The first kappa shape index (κ1) is 14.6. The van der Waals surface area contributed by atoms with Gasteiger partial charge in [0.1, 0.15) is 17.0 Å². The van der Waals surface area contributed by atoms with Gasteiger partial charge < -0.3 is 9.88 Å². The van der Waals surface area contributed by atoms with Crippen LogP contribution in [-0.2, 0) is 0 Å². The highest BCUT2D eigenvalue weighted by Gasteiger charge is 2.27. The summed E-state index contributed by atoms with van der Waals surface area (Å²) in [5, 5.41) is 0. The summed E-state index contributed by atoms with van der Waals surface area (Å²) in [5.74, 6) is 1.05. The van der Waals surface area contributed by atoms with Crippen LogP contribution >= 0.6 is 0 Å². The van der Waals surface area contributed by atoms with Crippen LogP contribution in [0.4, 0.5) is 0 Å². The van der Waals surface area contributed by atoms with E-state index in [9.17, 15) is 9.59 Å². The van der Waals surface area contributed by atoms with Crippen LogP contribution in [0.15, 0.2) is 47.8 Å². The predicted octanol–water partition coefficient (Wildman–Crippen LogP) is 1.44. The van der Waals surface area contributed by atoms with Gasteiger partial charge in [0.25, 0.3) is 11.5 Å². The lowest BCUT2D eigenvalue weighted by Crippen LogP contribution is -2.40. The number of piperidine rings is 1. The lowest BCUT2D eigenvalue weighted by molar-refractivity contribution is 0.0709. The monoisotopic (exact) mass is 323 g/mol. The predicted molar refractivity (Wildman–Crippen MR) is 87.9 cm³/mol. The number of rotatable bonds is 2. The number of hydrogen-bond donors (Lipinski definition) is 1. The first-order valence-corrected chi connectivity index (χ1v) is 7.99. The van der Waals surface area contributed by atoms with Gasteiger partial charge in [-0.3, -0.25) is 14.0 Å². The molecule has 1 saturated heterocycles. The Labute approximate surface area is 138 Å². The number of carbonyl (C=O) groups is 1. The molecule has 1 N–H and O–H groups in total. The zero-order chi connectivity index (χ0) is 16.5. The molecular formula is C17H17N5O2. The van der Waals surface area contributed by atoms with Gasteiger partial charge in [-0.05, 0) is 25.0 Å². The summed E-state index contributed by atoms with van der Waals surface area (Å²) in [6.45, 7) is 1.22. The van der Waals surface area contributed by atoms with Crippen molar-refractivity contribution in [1.82, 2.24) is 24.3 Å². The molecule has 0 aromatic carbocycles. The fraction of sp³-hybridized carbons (Fsp3) is 0.294. The van der Waals surface area contributed by atoms with Crippen molar-refractivity contribution >= 4 is 11.6 Å². The number of pyridine rings is 1. The maximum Gasteiger partial charge on any atom is 0.270 e. The van der Waals surface area contributed by atoms with E-state index in [1.54, 1.807) is 29.4 Å². The molecule has 7 heteroatoms. The molecule has 122 valence electrons. The third-order valence-electron chi connectivity index (χ3n) is 4.53. The Balaban J connectivity index is 1.55. The molecule has 0 bridgehead atoms. The molecule has 3 aromatic heterocycles. The van der Waals surface area contributed by atoms with Crippen LogP contribution in [0.3, 0.4) is 0 Å². The van der Waals surface area contributed by atoms with Gasteiger partial charge >= 0.3 is 0 Å². The molecule has 1 amide bonds. The topological polar surface area (TPSA) is 83.4 Å². The molecule has 24 heavy (non-hydrogen) atoms. The van der Waals surface area contributed by atoms with Crippen molar-refractivity contribution in [3.8, 4) is 0 Å². The number of aromatic amines is 1. The summed E-state index contributed by atoms with van der Waals surface area (Å²) in [5.41, 5.74) is 0.337. The summed E-state index contributed by atoms with van der Waals surface area (Å²) < 4.78 is 1.41. The van der Waals surface area contributed by atoms with E-state index in [2.05, 4.69) is 15.0 Å². The zero-order valence-electron chi connectivity index (χ0n) is 13.1. The SMILES string of the molecule is O=C(c1cnc2ccccn2c1=O)N1CCC(c2ncc[nH]2)CC1. The molecule has 7 nitrogen and oxygen atoms in total. The molecule has 0 aliphatic carbocycles. The number of hydrogen-bond acceptors (Lipinski definition) is 4. The molecule has 1 aliphatic heterocycles. The van der Waals surface area contributed by atoms with Crippen LogP contribution < -0.4 is 5.56 Å². The minimum absolute atomic E-state index is 0.121. The average molecular weight is 323 g/mol. The van der Waals surface area contributed by atoms with E-state index in [-0.39, 0.29) is 17.0 Å². The van der Waals surface area contributed by atoms with E-state index < -0.39 is 0 Å². The Hall–Kier alpha value is -2.96. The quantitative estimate of drug-likeness (QED) is 0.773. The van der Waals surface area contributed by atoms with E-state index in [0.717, 1.165) is 18.7 Å². The summed E-state index contributed by atoms with van der Waals surface area (Å²) in [6.07, 6.45) is 8.25. The van der Waals surface area contributed by atoms with Gasteiger partial charge in [0, 0.05) is 43.8 Å². The third-order valence-corrected chi connectivity index (χ3v) is 4.53. The van der Waals surface area contributed by atoms with Gasteiger partial charge in [0.15, 0.2) is 0 Å². The molecule has 1 fully saturated rings. The van der Waals surface area contributed by atoms with Gasteiger partial charge in [-0.1, -0.05) is 6.07 Å². The van der Waals surface area contributed by atoms with Gasteiger partial charge in [-0.2, -0.15) is 0 Å². The van der Waals surface area contributed by atoms with Crippen LogP contribution in [0.2, 0.25) is 0 Å². The summed E-state index contributed by atoms with van der Waals surface area (Å²) in [4.78, 5) is 38.6. The molecule has 3 aromatic rings. The van der Waals surface area contributed by atoms with Crippen LogP contribution in [0.1, 0.15) is 34.9 Å². The number of likely N-dealkylation sites (tertiary alicyclic amines) is 1. The van der Waals surface area contributed by atoms with Gasteiger partial charge in [0.2, 0.25) is 0 Å². The van der Waals surface area contributed by atoms with E-state index in [4.69, 9.17) is 0 Å². The highest BCUT2D eigenvalue weighted by Crippen LogP contribution is 2.25. The molecule has 0 unspecified atom stereocenters. The first-order valence-electron chi connectivity index (χ1n) is 7.99. The number of nitrogens with zero attached hydrogens (tertiary/aromatic N) is 4. The van der Waals surface area contributed by atoms with Crippen LogP contribution in [0.25, 0.3) is 5.65 Å². The van der Waals surface area contributed by atoms with Crippen LogP contribution in [-0.4, -0.2) is 43.2 Å². The molecule has 0 atom stereocenters. The molecule has 4 rings (SSSR count). The second-order valence-electron chi connectivity index (χ2n) is 5.95. The first-order chi connectivity index (χ1) is 11.7. The molecule has 0 spiro atoms. The molecule has 0 radical (unpaired) electrons. The van der Waals surface area contributed by atoms with Gasteiger partial charge in [0.05, 0.1) is 0 Å². The minimum Gasteiger partial charge on any atom is -0.348 e. The molecule has 1 aliphatic rings. The highest BCUT2D eigenvalue weighted by molar-refractivity contribution is 5.93. The number of fused-ring (bicyclic) bond motifs is 1. The Bertz CT molecular complexity index is 924. The van der Waals surface area contributed by atoms with E-state index >= 15 is 0 Å². The number of amides is 1. The maximum absolute atomic E-state index is 12.7. The van der Waals surface area contributed by atoms with Crippen molar-refractivity contribution in [2.45, 2.75) is 18.8 Å². The average Bonchev–Trinajstić information content (AvgIpc) is 3.17. The summed E-state index contributed by atoms with van der Waals surface area (Å²) in [6, 6.07) is 5.30. The van der Waals surface area contributed by atoms with Crippen LogP contribution in [0.5, 0.6) is 0 Å². The lowest BCUT2D eigenvalue weighted by Gasteiger charge is -2.31. The van der Waals surface area contributed by atoms with E-state index in [0.29, 0.717) is 24.7 Å². The largest absolute Gasteiger partial charge is 0.348 e.